The number of carbonyl (C=O) groups is 1. The molecule has 0 fully saturated rings. The van der Waals surface area contributed by atoms with Gasteiger partial charge in [-0.1, -0.05) is 0 Å². The first-order valence-electron chi connectivity index (χ1n) is 5.88. The number of aliphatic hydroxyl groups excluding tert-OH is 1. The van der Waals surface area contributed by atoms with Gasteiger partial charge in [0.25, 0.3) is 0 Å². The van der Waals surface area contributed by atoms with Gasteiger partial charge in [0.1, 0.15) is 19.4 Å². The number of rotatable bonds is 3. The van der Waals surface area contributed by atoms with Gasteiger partial charge in [-0.25, -0.2) is 9.18 Å². The summed E-state index contributed by atoms with van der Waals surface area (Å²) in [5.41, 5.74) is 0.313. The predicted molar refractivity (Wildman–Crippen MR) is 63.9 cm³/mol. The van der Waals surface area contributed by atoms with E-state index in [1.54, 1.807) is 0 Å². The maximum Gasteiger partial charge on any atom is 0.339 e. The number of hydrogen-bond acceptors (Lipinski definition) is 5. The first kappa shape index (κ1) is 13.6. The molecule has 0 bridgehead atoms. The van der Waals surface area contributed by atoms with Crippen molar-refractivity contribution < 1.29 is 28.5 Å². The van der Waals surface area contributed by atoms with Gasteiger partial charge in [-0.05, 0) is 24.6 Å². The van der Waals surface area contributed by atoms with Crippen LogP contribution in [-0.2, 0) is 9.53 Å². The zero-order valence-electron chi connectivity index (χ0n) is 10.7. The molecule has 0 amide bonds. The van der Waals surface area contributed by atoms with Gasteiger partial charge in [-0.3, -0.25) is 0 Å². The summed E-state index contributed by atoms with van der Waals surface area (Å²) in [6.07, 6.45) is -2.90. The standard InChI is InChI=1S/C13H15FO5/c1-7(14)8-5-10-11(19-4-3-18-10)6-9(8)12(15)13(16)17-2/h5-7,12,15H,3-4H2,1-2H3. The van der Waals surface area contributed by atoms with Crippen molar-refractivity contribution in [2.24, 2.45) is 0 Å². The highest BCUT2D eigenvalue weighted by Gasteiger charge is 2.27. The molecule has 2 unspecified atom stereocenters. The Morgan fingerprint density at radius 3 is 2.32 bits per heavy atom. The largest absolute Gasteiger partial charge is 0.486 e. The summed E-state index contributed by atoms with van der Waals surface area (Å²) in [5.74, 6) is -0.0567. The molecule has 0 radical (unpaired) electrons. The van der Waals surface area contributed by atoms with Crippen LogP contribution in [0.1, 0.15) is 30.3 Å². The molecule has 2 rings (SSSR count). The molecule has 5 nitrogen and oxygen atoms in total. The Morgan fingerprint density at radius 2 is 1.84 bits per heavy atom. The lowest BCUT2D eigenvalue weighted by Crippen LogP contribution is -2.19. The second kappa shape index (κ2) is 5.44. The van der Waals surface area contributed by atoms with Gasteiger partial charge >= 0.3 is 5.97 Å². The third-order valence-corrected chi connectivity index (χ3v) is 2.90. The number of methoxy groups -OCH3 is 1. The third kappa shape index (κ3) is 2.63. The van der Waals surface area contributed by atoms with Crippen LogP contribution in [0.2, 0.25) is 0 Å². The van der Waals surface area contributed by atoms with Crippen LogP contribution in [0, 0.1) is 0 Å². The summed E-state index contributed by atoms with van der Waals surface area (Å²) >= 11 is 0. The molecule has 6 heteroatoms. The van der Waals surface area contributed by atoms with Gasteiger partial charge in [0, 0.05) is 5.56 Å². The monoisotopic (exact) mass is 270 g/mol. The molecule has 1 aliphatic rings. The van der Waals surface area contributed by atoms with E-state index < -0.39 is 18.2 Å². The number of fused-ring (bicyclic) bond motifs is 1. The molecule has 1 aromatic rings. The summed E-state index contributed by atoms with van der Waals surface area (Å²) in [6.45, 7) is 2.07. The third-order valence-electron chi connectivity index (χ3n) is 2.90. The van der Waals surface area contributed by atoms with Gasteiger partial charge in [0.2, 0.25) is 0 Å². The molecule has 0 aromatic heterocycles. The summed E-state index contributed by atoms with van der Waals surface area (Å²) in [7, 11) is 1.15. The maximum atomic E-state index is 13.6. The van der Waals surface area contributed by atoms with Crippen LogP contribution in [-0.4, -0.2) is 31.4 Å². The first-order chi connectivity index (χ1) is 9.04. The predicted octanol–water partition coefficient (Wildman–Crippen LogP) is 1.69. The smallest absolute Gasteiger partial charge is 0.339 e. The van der Waals surface area contributed by atoms with E-state index in [4.69, 9.17) is 9.47 Å². The second-order valence-electron chi connectivity index (χ2n) is 4.17. The van der Waals surface area contributed by atoms with Crippen LogP contribution >= 0.6 is 0 Å². The van der Waals surface area contributed by atoms with E-state index in [1.165, 1.54) is 19.1 Å². The average Bonchev–Trinajstić information content (AvgIpc) is 2.44. The van der Waals surface area contributed by atoms with Crippen molar-refractivity contribution in [3.63, 3.8) is 0 Å². The lowest BCUT2D eigenvalue weighted by Gasteiger charge is -2.22. The molecule has 1 heterocycles. The summed E-state index contributed by atoms with van der Waals surface area (Å²) in [6, 6.07) is 2.86. The highest BCUT2D eigenvalue weighted by atomic mass is 19.1. The molecule has 0 spiro atoms. The van der Waals surface area contributed by atoms with Gasteiger partial charge in [0.15, 0.2) is 17.6 Å². The van der Waals surface area contributed by atoms with E-state index in [0.717, 1.165) is 7.11 Å². The van der Waals surface area contributed by atoms with Crippen molar-refractivity contribution in [1.29, 1.82) is 0 Å². The lowest BCUT2D eigenvalue weighted by atomic mass is 9.98. The molecule has 19 heavy (non-hydrogen) atoms. The topological polar surface area (TPSA) is 65.0 Å². The molecule has 104 valence electrons. The van der Waals surface area contributed by atoms with E-state index in [-0.39, 0.29) is 11.1 Å². The quantitative estimate of drug-likeness (QED) is 0.847. The van der Waals surface area contributed by atoms with Crippen LogP contribution in [0.25, 0.3) is 0 Å². The Bertz CT molecular complexity index is 486. The van der Waals surface area contributed by atoms with Crippen molar-refractivity contribution in [1.82, 2.24) is 0 Å². The molecule has 0 saturated carbocycles. The highest BCUT2D eigenvalue weighted by Crippen LogP contribution is 2.38. The normalized spacial score (nSPS) is 16.6. The van der Waals surface area contributed by atoms with Crippen molar-refractivity contribution in [2.75, 3.05) is 20.3 Å². The number of ether oxygens (including phenoxy) is 3. The number of benzene rings is 1. The minimum Gasteiger partial charge on any atom is -0.486 e. The number of halogens is 1. The van der Waals surface area contributed by atoms with Crippen LogP contribution < -0.4 is 9.47 Å². The SMILES string of the molecule is COC(=O)C(O)c1cc2c(cc1C(C)F)OCCO2. The summed E-state index contributed by atoms with van der Waals surface area (Å²) < 4.78 is 28.8. The zero-order chi connectivity index (χ0) is 14.0. The zero-order valence-corrected chi connectivity index (χ0v) is 10.7. The fourth-order valence-corrected chi connectivity index (χ4v) is 1.94. The minimum absolute atomic E-state index is 0.131. The van der Waals surface area contributed by atoms with Gasteiger partial charge in [-0.15, -0.1) is 0 Å². The van der Waals surface area contributed by atoms with Crippen LogP contribution in [0.5, 0.6) is 11.5 Å². The van der Waals surface area contributed by atoms with E-state index in [9.17, 15) is 14.3 Å². The molecule has 2 atom stereocenters. The van der Waals surface area contributed by atoms with Crippen LogP contribution in [0.15, 0.2) is 12.1 Å². The van der Waals surface area contributed by atoms with E-state index in [2.05, 4.69) is 4.74 Å². The number of alkyl halides is 1. The second-order valence-corrected chi connectivity index (χ2v) is 4.17. The van der Waals surface area contributed by atoms with E-state index in [0.29, 0.717) is 24.7 Å². The Kier molecular flexibility index (Phi) is 3.90. The number of aliphatic hydroxyl groups is 1. The number of carbonyl (C=O) groups excluding carboxylic acids is 1. The van der Waals surface area contributed by atoms with E-state index in [1.807, 2.05) is 0 Å². The fraction of sp³-hybridized carbons (Fsp3) is 0.462. The summed E-state index contributed by atoms with van der Waals surface area (Å²) in [4.78, 5) is 11.4. The lowest BCUT2D eigenvalue weighted by molar-refractivity contribution is -0.150. The highest BCUT2D eigenvalue weighted by molar-refractivity contribution is 5.77. The Balaban J connectivity index is 2.48. The summed E-state index contributed by atoms with van der Waals surface area (Å²) in [5, 5.41) is 9.88. The van der Waals surface area contributed by atoms with Crippen molar-refractivity contribution in [2.45, 2.75) is 19.2 Å². The molecule has 0 saturated heterocycles. The average molecular weight is 270 g/mol. The molecular formula is C13H15FO5. The minimum atomic E-state index is -1.55. The molecular weight excluding hydrogens is 255 g/mol. The Hall–Kier alpha value is -1.82. The Morgan fingerprint density at radius 1 is 1.32 bits per heavy atom. The molecule has 1 aromatic carbocycles. The molecule has 1 aliphatic heterocycles. The van der Waals surface area contributed by atoms with Gasteiger partial charge in [-0.2, -0.15) is 0 Å². The molecule has 1 N–H and O–H groups in total. The molecule has 0 aliphatic carbocycles. The van der Waals surface area contributed by atoms with Gasteiger partial charge < -0.3 is 19.3 Å². The van der Waals surface area contributed by atoms with Crippen molar-refractivity contribution in [3.8, 4) is 11.5 Å². The Labute approximate surface area is 109 Å². The van der Waals surface area contributed by atoms with Gasteiger partial charge in [0.05, 0.1) is 7.11 Å². The number of hydrogen-bond donors (Lipinski definition) is 1. The first-order valence-corrected chi connectivity index (χ1v) is 5.88. The number of esters is 1. The van der Waals surface area contributed by atoms with E-state index >= 15 is 0 Å². The van der Waals surface area contributed by atoms with Crippen LogP contribution in [0.4, 0.5) is 4.39 Å². The van der Waals surface area contributed by atoms with Crippen molar-refractivity contribution >= 4 is 5.97 Å². The van der Waals surface area contributed by atoms with Crippen LogP contribution in [0.3, 0.4) is 0 Å². The fourth-order valence-electron chi connectivity index (χ4n) is 1.94. The maximum absolute atomic E-state index is 13.6. The van der Waals surface area contributed by atoms with Crippen molar-refractivity contribution in [3.05, 3.63) is 23.3 Å².